The lowest BCUT2D eigenvalue weighted by molar-refractivity contribution is -0.118. The molecule has 1 spiro atoms. The van der Waals surface area contributed by atoms with Crippen LogP contribution in [-0.4, -0.2) is 37.4 Å². The lowest BCUT2D eigenvalue weighted by Gasteiger charge is -2.23. The monoisotopic (exact) mass is 380 g/mol. The number of primary amides is 1. The lowest BCUT2D eigenvalue weighted by Crippen LogP contribution is -2.32. The number of para-hydroxylation sites is 1. The molecule has 1 aliphatic carbocycles. The fraction of sp³-hybridized carbons (Fsp3) is 0.500. The molecule has 1 aromatic rings. The first-order chi connectivity index (χ1) is 12.0. The Morgan fingerprint density at radius 2 is 1.88 bits per heavy atom. The highest BCUT2D eigenvalue weighted by Gasteiger charge is 2.57. The fourth-order valence-corrected chi connectivity index (χ4v) is 3.60. The minimum absolute atomic E-state index is 0. The van der Waals surface area contributed by atoms with Crippen molar-refractivity contribution in [3.8, 4) is 0 Å². The number of halogens is 1. The van der Waals surface area contributed by atoms with Gasteiger partial charge in [-0.15, -0.1) is 12.4 Å². The zero-order valence-electron chi connectivity index (χ0n) is 14.5. The van der Waals surface area contributed by atoms with Crippen LogP contribution in [0.3, 0.4) is 0 Å². The van der Waals surface area contributed by atoms with Gasteiger partial charge in [0.2, 0.25) is 11.8 Å². The molecule has 0 radical (unpaired) electrons. The summed E-state index contributed by atoms with van der Waals surface area (Å²) in [4.78, 5) is 35.7. The number of hydrogen-bond acceptors (Lipinski definition) is 4. The largest absolute Gasteiger partial charge is 0.370 e. The molecule has 1 atom stereocenters. The highest BCUT2D eigenvalue weighted by molar-refractivity contribution is 6.04. The van der Waals surface area contributed by atoms with Gasteiger partial charge in [-0.2, -0.15) is 0 Å². The number of carbonyl (C=O) groups is 3. The zero-order chi connectivity index (χ0) is 17.9. The average Bonchev–Trinajstić information content (AvgIpc) is 3.28. The Bertz CT molecular complexity index is 689. The Morgan fingerprint density at radius 3 is 2.58 bits per heavy atom. The van der Waals surface area contributed by atoms with Gasteiger partial charge in [0.25, 0.3) is 5.91 Å². The van der Waals surface area contributed by atoms with E-state index in [0.717, 1.165) is 32.4 Å². The molecule has 142 valence electrons. The maximum atomic E-state index is 12.6. The molecule has 0 bridgehead atoms. The van der Waals surface area contributed by atoms with Crippen molar-refractivity contribution in [1.29, 1.82) is 0 Å². The van der Waals surface area contributed by atoms with Gasteiger partial charge in [-0.3, -0.25) is 14.4 Å². The minimum Gasteiger partial charge on any atom is -0.370 e. The number of carbonyl (C=O) groups excluding carboxylic acids is 3. The number of nitrogens with one attached hydrogen (secondary N) is 3. The third-order valence-electron chi connectivity index (χ3n) is 5.19. The van der Waals surface area contributed by atoms with Crippen LogP contribution in [0.15, 0.2) is 24.3 Å². The Morgan fingerprint density at radius 1 is 1.19 bits per heavy atom. The molecule has 2 fully saturated rings. The number of amides is 3. The second-order valence-electron chi connectivity index (χ2n) is 6.88. The first-order valence-electron chi connectivity index (χ1n) is 8.69. The normalized spacial score (nSPS) is 19.9. The van der Waals surface area contributed by atoms with E-state index < -0.39 is 5.91 Å². The smallest absolute Gasteiger partial charge is 0.253 e. The van der Waals surface area contributed by atoms with E-state index in [9.17, 15) is 14.4 Å². The number of nitrogens with two attached hydrogens (primary N) is 1. The minimum atomic E-state index is -0.470. The molecule has 1 saturated carbocycles. The molecule has 3 amide bonds. The van der Waals surface area contributed by atoms with Crippen LogP contribution in [0.4, 0.5) is 5.69 Å². The van der Waals surface area contributed by atoms with Gasteiger partial charge in [-0.1, -0.05) is 12.1 Å². The van der Waals surface area contributed by atoms with Crippen LogP contribution in [0.2, 0.25) is 0 Å². The molecule has 1 aromatic carbocycles. The third kappa shape index (κ3) is 4.53. The summed E-state index contributed by atoms with van der Waals surface area (Å²) in [5.41, 5.74) is 6.11. The standard InChI is InChI=1S/C18H24N4O3.ClH/c19-15(23)5-8-21-16(24)12-3-1-2-4-14(12)22-17(25)13-11-18(13)6-9-20-10-7-18;/h1-4,13,20H,5-11H2,(H2,19,23)(H,21,24)(H,22,25);1H. The molecular formula is C18H25ClN4O3. The SMILES string of the molecule is Cl.NC(=O)CCNC(=O)c1ccccc1NC(=O)C1CC12CCNCC2. The van der Waals surface area contributed by atoms with Gasteiger partial charge in [0.05, 0.1) is 11.3 Å². The highest BCUT2D eigenvalue weighted by Crippen LogP contribution is 2.58. The average molecular weight is 381 g/mol. The predicted octanol–water partition coefficient (Wildman–Crippen LogP) is 1.04. The summed E-state index contributed by atoms with van der Waals surface area (Å²) in [6, 6.07) is 6.90. The fourth-order valence-electron chi connectivity index (χ4n) is 3.60. The summed E-state index contributed by atoms with van der Waals surface area (Å²) in [5, 5.41) is 8.88. The summed E-state index contributed by atoms with van der Waals surface area (Å²) < 4.78 is 0. The molecule has 26 heavy (non-hydrogen) atoms. The topological polar surface area (TPSA) is 113 Å². The van der Waals surface area contributed by atoms with E-state index >= 15 is 0 Å². The molecule has 1 heterocycles. The van der Waals surface area contributed by atoms with Crippen LogP contribution < -0.4 is 21.7 Å². The number of piperidine rings is 1. The quantitative estimate of drug-likeness (QED) is 0.590. The van der Waals surface area contributed by atoms with E-state index in [-0.39, 0.29) is 48.5 Å². The van der Waals surface area contributed by atoms with Crippen molar-refractivity contribution < 1.29 is 14.4 Å². The van der Waals surface area contributed by atoms with E-state index in [1.807, 2.05) is 0 Å². The van der Waals surface area contributed by atoms with Gasteiger partial charge >= 0.3 is 0 Å². The molecule has 2 aliphatic rings. The molecular weight excluding hydrogens is 356 g/mol. The summed E-state index contributed by atoms with van der Waals surface area (Å²) in [6.45, 7) is 2.10. The van der Waals surface area contributed by atoms with Gasteiger partial charge in [-0.05, 0) is 49.9 Å². The number of rotatable bonds is 6. The summed E-state index contributed by atoms with van der Waals surface area (Å²) in [6.07, 6.45) is 3.06. The van der Waals surface area contributed by atoms with Crippen LogP contribution >= 0.6 is 12.4 Å². The van der Waals surface area contributed by atoms with Crippen LogP contribution in [0, 0.1) is 11.3 Å². The van der Waals surface area contributed by atoms with Crippen LogP contribution in [0.1, 0.15) is 36.0 Å². The number of benzene rings is 1. The molecule has 5 N–H and O–H groups in total. The van der Waals surface area contributed by atoms with Gasteiger partial charge in [0.1, 0.15) is 0 Å². The second-order valence-corrected chi connectivity index (χ2v) is 6.88. The van der Waals surface area contributed by atoms with E-state index in [1.54, 1.807) is 24.3 Å². The molecule has 1 aliphatic heterocycles. The molecule has 1 unspecified atom stereocenters. The van der Waals surface area contributed by atoms with Crippen LogP contribution in [-0.2, 0) is 9.59 Å². The Balaban J connectivity index is 0.00000243. The van der Waals surface area contributed by atoms with Crippen molar-refractivity contribution >= 4 is 35.8 Å². The first-order valence-corrected chi connectivity index (χ1v) is 8.69. The maximum absolute atomic E-state index is 12.6. The highest BCUT2D eigenvalue weighted by atomic mass is 35.5. The molecule has 0 aromatic heterocycles. The van der Waals surface area contributed by atoms with Crippen LogP contribution in [0.5, 0.6) is 0 Å². The molecule has 3 rings (SSSR count). The van der Waals surface area contributed by atoms with Crippen molar-refractivity contribution in [1.82, 2.24) is 10.6 Å². The third-order valence-corrected chi connectivity index (χ3v) is 5.19. The summed E-state index contributed by atoms with van der Waals surface area (Å²) >= 11 is 0. The predicted molar refractivity (Wildman–Crippen MR) is 101 cm³/mol. The molecule has 8 heteroatoms. The first kappa shape index (κ1) is 20.2. The Hall–Kier alpha value is -2.12. The number of anilines is 1. The van der Waals surface area contributed by atoms with Crippen molar-refractivity contribution in [2.45, 2.75) is 25.7 Å². The van der Waals surface area contributed by atoms with Gasteiger partial charge in [0.15, 0.2) is 0 Å². The van der Waals surface area contributed by atoms with E-state index in [4.69, 9.17) is 5.73 Å². The van der Waals surface area contributed by atoms with E-state index in [2.05, 4.69) is 16.0 Å². The lowest BCUT2D eigenvalue weighted by atomic mass is 9.91. The summed E-state index contributed by atoms with van der Waals surface area (Å²) in [5.74, 6) is -0.785. The second kappa shape index (κ2) is 8.51. The Labute approximate surface area is 158 Å². The van der Waals surface area contributed by atoms with Gasteiger partial charge < -0.3 is 21.7 Å². The maximum Gasteiger partial charge on any atom is 0.253 e. The summed E-state index contributed by atoms with van der Waals surface area (Å²) in [7, 11) is 0. The van der Waals surface area contributed by atoms with Gasteiger partial charge in [-0.25, -0.2) is 0 Å². The van der Waals surface area contributed by atoms with Crippen molar-refractivity contribution in [3.63, 3.8) is 0 Å². The molecule has 7 nitrogen and oxygen atoms in total. The van der Waals surface area contributed by atoms with Crippen LogP contribution in [0.25, 0.3) is 0 Å². The Kier molecular flexibility index (Phi) is 6.61. The van der Waals surface area contributed by atoms with E-state index in [1.165, 1.54) is 0 Å². The zero-order valence-corrected chi connectivity index (χ0v) is 15.4. The van der Waals surface area contributed by atoms with E-state index in [0.29, 0.717) is 11.3 Å². The van der Waals surface area contributed by atoms with Gasteiger partial charge in [0, 0.05) is 18.9 Å². The van der Waals surface area contributed by atoms with Crippen molar-refractivity contribution in [2.75, 3.05) is 25.0 Å². The van der Waals surface area contributed by atoms with Crippen molar-refractivity contribution in [2.24, 2.45) is 17.1 Å². The molecule has 1 saturated heterocycles. The van der Waals surface area contributed by atoms with Crippen molar-refractivity contribution in [3.05, 3.63) is 29.8 Å². The number of hydrogen-bond donors (Lipinski definition) is 4.